The number of piperidine rings is 1. The number of fused-ring (bicyclic) bond motifs is 1. The maximum Gasteiger partial charge on any atom is 0.418 e. The first kappa shape index (κ1) is 20.5. The maximum absolute atomic E-state index is 12.6. The second-order valence-electron chi connectivity index (χ2n) is 6.80. The average Bonchev–Trinajstić information content (AvgIpc) is 3.44. The Morgan fingerprint density at radius 3 is 2.68 bits per heavy atom. The summed E-state index contributed by atoms with van der Waals surface area (Å²) >= 11 is 0. The van der Waals surface area contributed by atoms with Crippen molar-refractivity contribution in [3.05, 3.63) is 35.9 Å². The predicted octanol–water partition coefficient (Wildman–Crippen LogP) is -0.111. The molecular formula is C16H22N4O7S. The fraction of sp³-hybridized carbons (Fsp3) is 0.500. The van der Waals surface area contributed by atoms with Crippen LogP contribution in [-0.2, 0) is 24.3 Å². The number of rotatable bonds is 7. The van der Waals surface area contributed by atoms with Gasteiger partial charge in [-0.05, 0) is 30.2 Å². The minimum atomic E-state index is -4.85. The molecule has 1 saturated carbocycles. The van der Waals surface area contributed by atoms with Gasteiger partial charge in [0.25, 0.3) is 5.91 Å². The Bertz CT molecular complexity index is 820. The highest BCUT2D eigenvalue weighted by Gasteiger charge is 2.53. The summed E-state index contributed by atoms with van der Waals surface area (Å²) in [4.78, 5) is 31.1. The number of nitrogens with one attached hydrogen (secondary N) is 2. The van der Waals surface area contributed by atoms with Crippen LogP contribution in [0.2, 0.25) is 0 Å². The van der Waals surface area contributed by atoms with Gasteiger partial charge in [0.15, 0.2) is 0 Å². The minimum Gasteiger partial charge on any atom is -0.322 e. The molecule has 11 nitrogen and oxygen atoms in total. The molecule has 1 aromatic rings. The standard InChI is InChI=1S/C16H22N4O7S/c17-13(10-4-2-1-3-5-10)9-26-18-15(21)14-12-8-11(12)6-7-20(14)16(22)19-27-28(23,24)25/h1-5,11-14H,6-9,17H2,(H,18,21)(H,19,22)(H,23,24,25)/t11?,12?,13?,14-/m0/s1. The molecule has 3 rings (SSSR count). The Kier molecular flexibility index (Phi) is 6.15. The van der Waals surface area contributed by atoms with E-state index in [1.807, 2.05) is 30.3 Å². The Hall–Kier alpha value is -2.25. The summed E-state index contributed by atoms with van der Waals surface area (Å²) in [7, 11) is -4.85. The lowest BCUT2D eigenvalue weighted by Gasteiger charge is -2.33. The van der Waals surface area contributed by atoms with E-state index >= 15 is 0 Å². The number of urea groups is 1. The lowest BCUT2D eigenvalue weighted by atomic mass is 10.0. The van der Waals surface area contributed by atoms with Crippen molar-refractivity contribution in [2.75, 3.05) is 13.2 Å². The van der Waals surface area contributed by atoms with Gasteiger partial charge in [-0.25, -0.2) is 10.3 Å². The second kappa shape index (κ2) is 8.41. The van der Waals surface area contributed by atoms with Crippen LogP contribution >= 0.6 is 0 Å². The molecule has 3 amide bonds. The molecule has 4 atom stereocenters. The number of carbonyl (C=O) groups is 2. The molecular weight excluding hydrogens is 392 g/mol. The summed E-state index contributed by atoms with van der Waals surface area (Å²) in [6.07, 6.45) is 1.47. The van der Waals surface area contributed by atoms with Crippen molar-refractivity contribution < 1.29 is 31.7 Å². The van der Waals surface area contributed by atoms with Crippen molar-refractivity contribution in [2.24, 2.45) is 17.6 Å². The minimum absolute atomic E-state index is 0.0363. The highest BCUT2D eigenvalue weighted by Crippen LogP contribution is 2.48. The number of carbonyl (C=O) groups excluding carboxylic acids is 2. The molecule has 0 aromatic heterocycles. The van der Waals surface area contributed by atoms with E-state index in [1.54, 1.807) is 5.48 Å². The molecule has 5 N–H and O–H groups in total. The van der Waals surface area contributed by atoms with Crippen molar-refractivity contribution in [1.82, 2.24) is 15.9 Å². The van der Waals surface area contributed by atoms with Crippen LogP contribution in [0.25, 0.3) is 0 Å². The summed E-state index contributed by atoms with van der Waals surface area (Å²) in [6, 6.07) is 7.01. The number of nitrogens with two attached hydrogens (primary N) is 1. The number of hydrogen-bond acceptors (Lipinski definition) is 7. The normalized spacial score (nSPS) is 24.8. The van der Waals surface area contributed by atoms with Gasteiger partial charge in [-0.2, -0.15) is 13.9 Å². The van der Waals surface area contributed by atoms with Crippen LogP contribution in [0.4, 0.5) is 4.79 Å². The third-order valence-electron chi connectivity index (χ3n) is 4.89. The van der Waals surface area contributed by atoms with E-state index < -0.39 is 34.4 Å². The molecule has 154 valence electrons. The van der Waals surface area contributed by atoms with Crippen LogP contribution in [0.5, 0.6) is 0 Å². The number of hydrogen-bond donors (Lipinski definition) is 4. The second-order valence-corrected chi connectivity index (χ2v) is 7.82. The van der Waals surface area contributed by atoms with Gasteiger partial charge < -0.3 is 10.6 Å². The zero-order chi connectivity index (χ0) is 20.3. The monoisotopic (exact) mass is 414 g/mol. The molecule has 1 saturated heterocycles. The number of nitrogens with zero attached hydrogens (tertiary/aromatic N) is 1. The first-order valence-electron chi connectivity index (χ1n) is 8.71. The molecule has 1 aromatic carbocycles. The number of hydroxylamine groups is 2. The quantitative estimate of drug-likeness (QED) is 0.355. The lowest BCUT2D eigenvalue weighted by molar-refractivity contribution is -0.140. The van der Waals surface area contributed by atoms with Crippen molar-refractivity contribution in [2.45, 2.75) is 24.9 Å². The average molecular weight is 414 g/mol. The highest BCUT2D eigenvalue weighted by atomic mass is 32.3. The maximum atomic E-state index is 12.6. The Labute approximate surface area is 162 Å². The Morgan fingerprint density at radius 2 is 2.00 bits per heavy atom. The fourth-order valence-electron chi connectivity index (χ4n) is 3.43. The molecule has 3 unspecified atom stereocenters. The van der Waals surface area contributed by atoms with E-state index in [-0.39, 0.29) is 19.1 Å². The molecule has 0 radical (unpaired) electrons. The number of benzene rings is 1. The zero-order valence-corrected chi connectivity index (χ0v) is 15.7. The summed E-state index contributed by atoms with van der Waals surface area (Å²) < 4.78 is 33.7. The van der Waals surface area contributed by atoms with Crippen molar-refractivity contribution in [3.63, 3.8) is 0 Å². The SMILES string of the molecule is NC(CONC(=O)[C@@H]1C2CC2CCN1C(=O)NOS(=O)(=O)O)c1ccccc1. The van der Waals surface area contributed by atoms with Crippen LogP contribution in [0.3, 0.4) is 0 Å². The Morgan fingerprint density at radius 1 is 1.29 bits per heavy atom. The van der Waals surface area contributed by atoms with Crippen molar-refractivity contribution in [1.29, 1.82) is 0 Å². The number of likely N-dealkylation sites (tertiary alicyclic amines) is 1. The first-order valence-corrected chi connectivity index (χ1v) is 10.1. The van der Waals surface area contributed by atoms with Crippen LogP contribution in [0.1, 0.15) is 24.4 Å². The summed E-state index contributed by atoms with van der Waals surface area (Å²) in [5, 5.41) is 0. The van der Waals surface area contributed by atoms with Gasteiger partial charge >= 0.3 is 16.4 Å². The topological polar surface area (TPSA) is 160 Å². The third-order valence-corrected chi connectivity index (χ3v) is 5.18. The van der Waals surface area contributed by atoms with Gasteiger partial charge in [-0.15, -0.1) is 4.28 Å². The fourth-order valence-corrected chi connectivity index (χ4v) is 3.61. The lowest BCUT2D eigenvalue weighted by Crippen LogP contribution is -2.56. The van der Waals surface area contributed by atoms with E-state index in [1.165, 1.54) is 0 Å². The van der Waals surface area contributed by atoms with Gasteiger partial charge in [-0.1, -0.05) is 30.3 Å². The van der Waals surface area contributed by atoms with Crippen LogP contribution in [-0.4, -0.2) is 49.0 Å². The van der Waals surface area contributed by atoms with Crippen molar-refractivity contribution >= 4 is 22.3 Å². The summed E-state index contributed by atoms with van der Waals surface area (Å²) in [5.41, 5.74) is 10.8. The molecule has 12 heteroatoms. The van der Waals surface area contributed by atoms with Crippen LogP contribution < -0.4 is 16.7 Å². The van der Waals surface area contributed by atoms with Gasteiger partial charge in [0.05, 0.1) is 12.6 Å². The predicted molar refractivity (Wildman–Crippen MR) is 95.3 cm³/mol. The molecule has 1 aliphatic heterocycles. The number of amides is 3. The Balaban J connectivity index is 1.54. The van der Waals surface area contributed by atoms with E-state index in [4.69, 9.17) is 15.1 Å². The van der Waals surface area contributed by atoms with Gasteiger partial charge in [0, 0.05) is 6.54 Å². The molecule has 0 bridgehead atoms. The van der Waals surface area contributed by atoms with Gasteiger partial charge in [0.1, 0.15) is 6.04 Å². The van der Waals surface area contributed by atoms with Gasteiger partial charge in [-0.3, -0.25) is 14.2 Å². The zero-order valence-electron chi connectivity index (χ0n) is 14.9. The smallest absolute Gasteiger partial charge is 0.322 e. The molecule has 2 aliphatic rings. The van der Waals surface area contributed by atoms with Crippen LogP contribution in [0, 0.1) is 11.8 Å². The van der Waals surface area contributed by atoms with Crippen LogP contribution in [0.15, 0.2) is 30.3 Å². The molecule has 0 spiro atoms. The van der Waals surface area contributed by atoms with E-state index in [2.05, 4.69) is 9.76 Å². The summed E-state index contributed by atoms with van der Waals surface area (Å²) in [6.45, 7) is 0.276. The van der Waals surface area contributed by atoms with Gasteiger partial charge in [0.2, 0.25) is 0 Å². The molecule has 1 heterocycles. The molecule has 28 heavy (non-hydrogen) atoms. The molecule has 2 fully saturated rings. The first-order chi connectivity index (χ1) is 13.3. The van der Waals surface area contributed by atoms with E-state index in [0.717, 1.165) is 16.9 Å². The van der Waals surface area contributed by atoms with E-state index in [0.29, 0.717) is 12.3 Å². The largest absolute Gasteiger partial charge is 0.418 e. The van der Waals surface area contributed by atoms with Crippen molar-refractivity contribution in [3.8, 4) is 0 Å². The molecule has 1 aliphatic carbocycles. The third kappa shape index (κ3) is 5.17. The highest BCUT2D eigenvalue weighted by molar-refractivity contribution is 7.80. The summed E-state index contributed by atoms with van der Waals surface area (Å²) in [5.74, 6) is -0.250. The van der Waals surface area contributed by atoms with E-state index in [9.17, 15) is 18.0 Å².